The lowest BCUT2D eigenvalue weighted by Gasteiger charge is -2.32. The van der Waals surface area contributed by atoms with Gasteiger partial charge in [0.1, 0.15) is 5.69 Å². The number of methoxy groups -OCH3 is 1. The Labute approximate surface area is 246 Å². The number of aryl methyl sites for hydroxylation is 1. The van der Waals surface area contributed by atoms with Gasteiger partial charge in [0.2, 0.25) is 11.8 Å². The minimum Gasteiger partial charge on any atom is -0.479 e. The van der Waals surface area contributed by atoms with E-state index in [0.29, 0.717) is 23.7 Å². The predicted molar refractivity (Wildman–Crippen MR) is 162 cm³/mol. The molecule has 1 saturated carbocycles. The highest BCUT2D eigenvalue weighted by molar-refractivity contribution is 7.90. The first-order valence-electron chi connectivity index (χ1n) is 13.8. The fraction of sp³-hybridized carbons (Fsp3) is 0.400. The van der Waals surface area contributed by atoms with Crippen molar-refractivity contribution in [2.75, 3.05) is 26.5 Å². The van der Waals surface area contributed by atoms with E-state index in [0.717, 1.165) is 54.1 Å². The molecule has 216 valence electrons. The Morgan fingerprint density at radius 2 is 1.80 bits per heavy atom. The molecule has 4 aromatic rings. The number of rotatable bonds is 9. The van der Waals surface area contributed by atoms with Crippen molar-refractivity contribution in [3.63, 3.8) is 0 Å². The number of hydrogen-bond donors (Lipinski definition) is 1. The molecule has 9 nitrogen and oxygen atoms in total. The molecular weight excluding hydrogens is 560 g/mol. The van der Waals surface area contributed by atoms with Gasteiger partial charge >= 0.3 is 0 Å². The molecule has 2 aromatic heterocycles. The van der Waals surface area contributed by atoms with Gasteiger partial charge in [-0.05, 0) is 76.0 Å². The van der Waals surface area contributed by atoms with Gasteiger partial charge in [-0.15, -0.1) is 0 Å². The summed E-state index contributed by atoms with van der Waals surface area (Å²) in [4.78, 5) is 20.9. The van der Waals surface area contributed by atoms with E-state index in [4.69, 9.17) is 21.3 Å². The highest BCUT2D eigenvalue weighted by atomic mass is 35.5. The fourth-order valence-corrected chi connectivity index (χ4v) is 7.22. The summed E-state index contributed by atoms with van der Waals surface area (Å²) in [6.45, 7) is 2.09. The molecule has 1 fully saturated rings. The van der Waals surface area contributed by atoms with Crippen LogP contribution in [0.25, 0.3) is 22.2 Å². The van der Waals surface area contributed by atoms with Gasteiger partial charge in [-0.25, -0.2) is 28.4 Å². The summed E-state index contributed by atoms with van der Waals surface area (Å²) in [7, 11) is 2.07. The number of fused-ring (bicyclic) bond motifs is 1. The second-order valence-corrected chi connectivity index (χ2v) is 13.0. The third-order valence-corrected chi connectivity index (χ3v) is 9.81. The molecule has 0 unspecified atom stereocenters. The van der Waals surface area contributed by atoms with Crippen molar-refractivity contribution in [2.24, 2.45) is 0 Å². The number of hydrogen-bond acceptors (Lipinski definition) is 9. The van der Waals surface area contributed by atoms with Crippen LogP contribution in [-0.4, -0.2) is 66.5 Å². The number of nitrogens with zero attached hydrogens (tertiary/aromatic N) is 5. The number of nitrogens with one attached hydrogen (secondary N) is 1. The maximum Gasteiger partial charge on any atom is 0.240 e. The fourth-order valence-electron chi connectivity index (χ4n) is 5.40. The summed E-state index contributed by atoms with van der Waals surface area (Å²) in [5.74, 6) is 0.541. The number of halogens is 1. The first-order chi connectivity index (χ1) is 19.7. The summed E-state index contributed by atoms with van der Waals surface area (Å²) in [6.07, 6.45) is 8.58. The standard InChI is InChI=1S/C30H35ClN6O3S/c1-5-19-14-20(15-21-16-33-30(36-27(19)21)35-22-10-12-24(13-11-22)37(2)3)28-29(40-4)34-23(17-32-28)18-41(38,39)26-9-7-6-8-25(26)31/h6-9,14-17,22,24H,5,10-13,18H2,1-4H3,(H,33,35,36). The Morgan fingerprint density at radius 1 is 1.05 bits per heavy atom. The lowest BCUT2D eigenvalue weighted by molar-refractivity contribution is 0.221. The molecule has 5 rings (SSSR count). The molecular formula is C30H35ClN6O3S. The Bertz CT molecular complexity index is 1660. The van der Waals surface area contributed by atoms with Crippen LogP contribution >= 0.6 is 11.6 Å². The maximum atomic E-state index is 13.0. The molecule has 1 N–H and O–H groups in total. The van der Waals surface area contributed by atoms with Crippen LogP contribution in [0.5, 0.6) is 5.88 Å². The number of sulfone groups is 1. The molecule has 2 heterocycles. The Hall–Kier alpha value is -3.34. The average Bonchev–Trinajstić information content (AvgIpc) is 2.96. The monoisotopic (exact) mass is 594 g/mol. The van der Waals surface area contributed by atoms with E-state index in [2.05, 4.69) is 46.2 Å². The number of benzene rings is 2. The minimum atomic E-state index is -3.72. The first kappa shape index (κ1) is 29.2. The zero-order chi connectivity index (χ0) is 29.1. The van der Waals surface area contributed by atoms with E-state index < -0.39 is 9.84 Å². The number of aromatic nitrogens is 4. The van der Waals surface area contributed by atoms with Crippen molar-refractivity contribution in [1.29, 1.82) is 0 Å². The Balaban J connectivity index is 1.40. The van der Waals surface area contributed by atoms with Gasteiger partial charge in [0.05, 0.1) is 40.2 Å². The smallest absolute Gasteiger partial charge is 0.240 e. The molecule has 0 spiro atoms. The molecule has 1 aliphatic carbocycles. The van der Waals surface area contributed by atoms with Crippen LogP contribution in [0.4, 0.5) is 5.95 Å². The summed E-state index contributed by atoms with van der Waals surface area (Å²) < 4.78 is 31.5. The minimum absolute atomic E-state index is 0.0590. The topological polar surface area (TPSA) is 110 Å². The van der Waals surface area contributed by atoms with Crippen LogP contribution in [0.2, 0.25) is 5.02 Å². The second kappa shape index (κ2) is 12.3. The lowest BCUT2D eigenvalue weighted by atomic mass is 9.90. The van der Waals surface area contributed by atoms with Gasteiger partial charge in [0, 0.05) is 29.2 Å². The Kier molecular flexibility index (Phi) is 8.72. The van der Waals surface area contributed by atoms with E-state index in [-0.39, 0.29) is 27.2 Å². The van der Waals surface area contributed by atoms with E-state index in [9.17, 15) is 8.42 Å². The highest BCUT2D eigenvalue weighted by Gasteiger charge is 2.24. The third-order valence-electron chi connectivity index (χ3n) is 7.67. The van der Waals surface area contributed by atoms with Gasteiger partial charge in [-0.1, -0.05) is 30.7 Å². The molecule has 0 bridgehead atoms. The zero-order valence-corrected chi connectivity index (χ0v) is 25.3. The van der Waals surface area contributed by atoms with Gasteiger partial charge < -0.3 is 15.0 Å². The molecule has 0 aliphatic heterocycles. The van der Waals surface area contributed by atoms with Gasteiger partial charge in [0.25, 0.3) is 0 Å². The molecule has 0 amide bonds. The first-order valence-corrected chi connectivity index (χ1v) is 15.8. The average molecular weight is 595 g/mol. The van der Waals surface area contributed by atoms with Crippen LogP contribution in [-0.2, 0) is 22.0 Å². The predicted octanol–water partition coefficient (Wildman–Crippen LogP) is 5.57. The van der Waals surface area contributed by atoms with Gasteiger partial charge in [-0.3, -0.25) is 0 Å². The van der Waals surface area contributed by atoms with Crippen LogP contribution in [0.15, 0.2) is 53.7 Å². The second-order valence-electron chi connectivity index (χ2n) is 10.6. The van der Waals surface area contributed by atoms with Crippen LogP contribution in [0.3, 0.4) is 0 Å². The van der Waals surface area contributed by atoms with Crippen molar-refractivity contribution in [1.82, 2.24) is 24.8 Å². The van der Waals surface area contributed by atoms with Crippen molar-refractivity contribution >= 4 is 38.3 Å². The molecule has 0 atom stereocenters. The highest BCUT2D eigenvalue weighted by Crippen LogP contribution is 2.32. The van der Waals surface area contributed by atoms with Crippen molar-refractivity contribution in [3.05, 3.63) is 65.1 Å². The van der Waals surface area contributed by atoms with Gasteiger partial charge in [0.15, 0.2) is 9.84 Å². The summed E-state index contributed by atoms with van der Waals surface area (Å²) in [5.41, 5.74) is 3.52. The zero-order valence-electron chi connectivity index (χ0n) is 23.8. The molecule has 41 heavy (non-hydrogen) atoms. The largest absolute Gasteiger partial charge is 0.479 e. The van der Waals surface area contributed by atoms with E-state index in [1.807, 2.05) is 18.3 Å². The van der Waals surface area contributed by atoms with Crippen LogP contribution < -0.4 is 10.1 Å². The van der Waals surface area contributed by atoms with Crippen molar-refractivity contribution in [2.45, 2.75) is 61.8 Å². The maximum absolute atomic E-state index is 13.0. The molecule has 0 saturated heterocycles. The summed E-state index contributed by atoms with van der Waals surface area (Å²) in [5, 5.41) is 4.60. The van der Waals surface area contributed by atoms with E-state index in [1.54, 1.807) is 18.2 Å². The quantitative estimate of drug-likeness (QED) is 0.266. The third kappa shape index (κ3) is 6.45. The van der Waals surface area contributed by atoms with E-state index >= 15 is 0 Å². The number of anilines is 1. The molecule has 2 aromatic carbocycles. The van der Waals surface area contributed by atoms with Gasteiger partial charge in [-0.2, -0.15) is 0 Å². The van der Waals surface area contributed by atoms with Crippen molar-refractivity contribution < 1.29 is 13.2 Å². The SMILES string of the molecule is CCc1cc(-c2ncc(CS(=O)(=O)c3ccccc3Cl)nc2OC)cc2cnc(NC3CCC(N(C)C)CC3)nc12. The molecule has 0 radical (unpaired) electrons. The van der Waals surface area contributed by atoms with Crippen LogP contribution in [0, 0.1) is 0 Å². The summed E-state index contributed by atoms with van der Waals surface area (Å²) in [6, 6.07) is 11.4. The normalized spacial score (nSPS) is 17.6. The molecule has 1 aliphatic rings. The van der Waals surface area contributed by atoms with Crippen LogP contribution in [0.1, 0.15) is 43.9 Å². The van der Waals surface area contributed by atoms with E-state index in [1.165, 1.54) is 19.4 Å². The van der Waals surface area contributed by atoms with Crippen molar-refractivity contribution in [3.8, 4) is 17.1 Å². The Morgan fingerprint density at radius 3 is 2.49 bits per heavy atom. The lowest BCUT2D eigenvalue weighted by Crippen LogP contribution is -2.36. The number of ether oxygens (including phenoxy) is 1. The molecule has 11 heteroatoms. The summed E-state index contributed by atoms with van der Waals surface area (Å²) >= 11 is 6.13.